The third-order valence-electron chi connectivity index (χ3n) is 4.86. The molecule has 3 heterocycles. The van der Waals surface area contributed by atoms with Crippen LogP contribution in [-0.2, 0) is 6.18 Å². The highest BCUT2D eigenvalue weighted by molar-refractivity contribution is 5.98. The van der Waals surface area contributed by atoms with Crippen molar-refractivity contribution < 1.29 is 18.0 Å². The molecule has 168 valence electrons. The van der Waals surface area contributed by atoms with Crippen molar-refractivity contribution >= 4 is 11.9 Å². The number of anilines is 1. The van der Waals surface area contributed by atoms with Gasteiger partial charge >= 0.3 is 6.18 Å². The average Bonchev–Trinajstić information content (AvgIpc) is 2.79. The summed E-state index contributed by atoms with van der Waals surface area (Å²) >= 11 is 0. The van der Waals surface area contributed by atoms with Crippen LogP contribution < -0.4 is 5.32 Å². The van der Waals surface area contributed by atoms with Gasteiger partial charge in [-0.1, -0.05) is 6.92 Å². The zero-order valence-corrected chi connectivity index (χ0v) is 17.8. The first kappa shape index (κ1) is 23.0. The van der Waals surface area contributed by atoms with Crippen molar-refractivity contribution in [1.29, 1.82) is 0 Å². The number of aryl methyl sites for hydroxylation is 1. The molecule has 0 saturated heterocycles. The molecule has 0 bridgehead atoms. The van der Waals surface area contributed by atoms with Crippen molar-refractivity contribution in [1.82, 2.24) is 29.8 Å². The molecule has 0 aliphatic heterocycles. The predicted molar refractivity (Wildman–Crippen MR) is 112 cm³/mol. The molecule has 3 aromatic rings. The van der Waals surface area contributed by atoms with Crippen molar-refractivity contribution in [2.45, 2.75) is 32.5 Å². The van der Waals surface area contributed by atoms with E-state index < -0.39 is 11.7 Å². The highest BCUT2D eigenvalue weighted by Gasteiger charge is 2.31. The zero-order valence-electron chi connectivity index (χ0n) is 17.8. The first-order valence-electron chi connectivity index (χ1n) is 9.86. The summed E-state index contributed by atoms with van der Waals surface area (Å²) < 4.78 is 38.0. The Morgan fingerprint density at radius 2 is 1.78 bits per heavy atom. The first-order valence-corrected chi connectivity index (χ1v) is 9.86. The van der Waals surface area contributed by atoms with Crippen LogP contribution in [0.2, 0.25) is 0 Å². The number of amides is 1. The van der Waals surface area contributed by atoms with Crippen LogP contribution in [0.5, 0.6) is 0 Å². The van der Waals surface area contributed by atoms with Gasteiger partial charge in [-0.15, -0.1) is 0 Å². The van der Waals surface area contributed by atoms with Gasteiger partial charge in [-0.25, -0.2) is 24.9 Å². The maximum atomic E-state index is 13.3. The molecular formula is C21H22F3N7O. The summed E-state index contributed by atoms with van der Waals surface area (Å²) in [5.74, 6) is 0.114. The van der Waals surface area contributed by atoms with Gasteiger partial charge in [0.2, 0.25) is 5.95 Å². The molecule has 0 aliphatic rings. The van der Waals surface area contributed by atoms with Gasteiger partial charge in [-0.2, -0.15) is 13.2 Å². The van der Waals surface area contributed by atoms with Crippen LogP contribution in [0.15, 0.2) is 43.0 Å². The van der Waals surface area contributed by atoms with E-state index in [9.17, 15) is 18.0 Å². The number of hydrogen-bond donors (Lipinski definition) is 1. The Kier molecular flexibility index (Phi) is 6.96. The van der Waals surface area contributed by atoms with Crippen LogP contribution in [0, 0.1) is 6.92 Å². The minimum absolute atomic E-state index is 0.0457. The molecule has 3 rings (SSSR count). The van der Waals surface area contributed by atoms with Crippen LogP contribution in [0.1, 0.15) is 35.1 Å². The van der Waals surface area contributed by atoms with E-state index in [1.165, 1.54) is 4.90 Å². The number of nitrogens with one attached hydrogen (secondary N) is 1. The first-order chi connectivity index (χ1) is 15.2. The number of aromatic nitrogens is 5. The largest absolute Gasteiger partial charge is 0.419 e. The highest BCUT2D eigenvalue weighted by Crippen LogP contribution is 2.28. The molecule has 8 nitrogen and oxygen atoms in total. The van der Waals surface area contributed by atoms with Gasteiger partial charge in [0.05, 0.1) is 11.1 Å². The minimum Gasteiger partial charge on any atom is -0.352 e. The zero-order chi connectivity index (χ0) is 23.3. The van der Waals surface area contributed by atoms with E-state index in [1.54, 1.807) is 44.6 Å². The van der Waals surface area contributed by atoms with Gasteiger partial charge in [-0.05, 0) is 31.5 Å². The Labute approximate surface area is 183 Å². The Morgan fingerprint density at radius 3 is 2.38 bits per heavy atom. The number of pyridine rings is 1. The molecule has 0 aromatic carbocycles. The molecule has 1 atom stereocenters. The number of carbonyl (C=O) groups is 1. The average molecular weight is 445 g/mol. The molecule has 0 aliphatic carbocycles. The lowest BCUT2D eigenvalue weighted by Gasteiger charge is -2.28. The Morgan fingerprint density at radius 1 is 1.12 bits per heavy atom. The summed E-state index contributed by atoms with van der Waals surface area (Å²) in [7, 11) is 1.64. The maximum Gasteiger partial charge on any atom is 0.419 e. The van der Waals surface area contributed by atoms with Gasteiger partial charge in [-0.3, -0.25) is 4.79 Å². The number of likely N-dealkylation sites (N-methyl/N-ethyl adjacent to an activating group) is 1. The fourth-order valence-electron chi connectivity index (χ4n) is 3.00. The van der Waals surface area contributed by atoms with Crippen molar-refractivity contribution in [2.75, 3.05) is 18.9 Å². The normalized spacial score (nSPS) is 12.3. The summed E-state index contributed by atoms with van der Waals surface area (Å²) in [6.07, 6.45) is 0.685. The molecule has 1 amide bonds. The molecule has 1 N–H and O–H groups in total. The minimum atomic E-state index is -4.50. The van der Waals surface area contributed by atoms with Gasteiger partial charge in [0.25, 0.3) is 5.91 Å². The van der Waals surface area contributed by atoms with E-state index >= 15 is 0 Å². The van der Waals surface area contributed by atoms with E-state index in [-0.39, 0.29) is 30.1 Å². The quantitative estimate of drug-likeness (QED) is 0.593. The van der Waals surface area contributed by atoms with Gasteiger partial charge in [0.1, 0.15) is 5.69 Å². The third-order valence-corrected chi connectivity index (χ3v) is 4.86. The fraction of sp³-hybridized carbons (Fsp3) is 0.333. The monoisotopic (exact) mass is 445 g/mol. The summed E-state index contributed by atoms with van der Waals surface area (Å²) in [6.45, 7) is 3.93. The second kappa shape index (κ2) is 9.67. The van der Waals surface area contributed by atoms with Crippen LogP contribution in [0.4, 0.5) is 19.1 Å². The molecular weight excluding hydrogens is 423 g/mol. The molecule has 11 heteroatoms. The van der Waals surface area contributed by atoms with E-state index in [2.05, 4.69) is 30.2 Å². The maximum absolute atomic E-state index is 13.3. The van der Waals surface area contributed by atoms with Gasteiger partial charge < -0.3 is 10.2 Å². The number of rotatable bonds is 7. The Bertz CT molecular complexity index is 1060. The van der Waals surface area contributed by atoms with E-state index in [1.807, 2.05) is 6.92 Å². The number of nitrogens with zero attached hydrogens (tertiary/aromatic N) is 6. The van der Waals surface area contributed by atoms with Crippen LogP contribution in [0.25, 0.3) is 11.4 Å². The SMILES string of the molecule is CCC(CNc1ncc(C(F)(F)F)cn1)N(C)C(=O)c1nc(C)ccc1-c1ncccn1. The van der Waals surface area contributed by atoms with Crippen LogP contribution in [0.3, 0.4) is 0 Å². The second-order valence-electron chi connectivity index (χ2n) is 7.07. The molecule has 32 heavy (non-hydrogen) atoms. The van der Waals surface area contributed by atoms with Gasteiger partial charge in [0.15, 0.2) is 5.82 Å². The van der Waals surface area contributed by atoms with E-state index in [0.717, 1.165) is 0 Å². The molecule has 3 aromatic heterocycles. The van der Waals surface area contributed by atoms with Crippen LogP contribution >= 0.6 is 0 Å². The van der Waals surface area contributed by atoms with Crippen molar-refractivity contribution in [3.05, 3.63) is 59.9 Å². The summed E-state index contributed by atoms with van der Waals surface area (Å²) in [6, 6.07) is 4.93. The molecule has 0 fully saturated rings. The molecule has 0 spiro atoms. The van der Waals surface area contributed by atoms with Crippen molar-refractivity contribution in [3.63, 3.8) is 0 Å². The lowest BCUT2D eigenvalue weighted by atomic mass is 10.1. The van der Waals surface area contributed by atoms with Crippen molar-refractivity contribution in [3.8, 4) is 11.4 Å². The number of alkyl halides is 3. The predicted octanol–water partition coefficient (Wildman–Crippen LogP) is 3.62. The number of halogens is 3. The lowest BCUT2D eigenvalue weighted by Crippen LogP contribution is -2.41. The number of carbonyl (C=O) groups excluding carboxylic acids is 1. The summed E-state index contributed by atoms with van der Waals surface area (Å²) in [5, 5.41) is 2.89. The van der Waals surface area contributed by atoms with E-state index in [4.69, 9.17) is 0 Å². The number of hydrogen-bond acceptors (Lipinski definition) is 7. The molecule has 0 radical (unpaired) electrons. The topological polar surface area (TPSA) is 96.8 Å². The van der Waals surface area contributed by atoms with Crippen LogP contribution in [-0.4, -0.2) is 55.4 Å². The fourth-order valence-corrected chi connectivity index (χ4v) is 3.00. The summed E-state index contributed by atoms with van der Waals surface area (Å²) in [4.78, 5) is 35.1. The standard InChI is InChI=1S/C21H22F3N7O/c1-4-15(12-29-20-27-10-14(11-28-20)21(22,23)24)31(3)19(32)17-16(7-6-13(2)30-17)18-25-8-5-9-26-18/h5-11,15H,4,12H2,1-3H3,(H,27,28,29). The molecule has 1 unspecified atom stereocenters. The third kappa shape index (κ3) is 5.34. The lowest BCUT2D eigenvalue weighted by molar-refractivity contribution is -0.138. The summed E-state index contributed by atoms with van der Waals surface area (Å²) in [5.41, 5.74) is 0.485. The second-order valence-corrected chi connectivity index (χ2v) is 7.07. The molecule has 0 saturated carbocycles. The highest BCUT2D eigenvalue weighted by atomic mass is 19.4. The van der Waals surface area contributed by atoms with Gasteiger partial charge in [0, 0.05) is 50.1 Å². The Balaban J connectivity index is 1.76. The Hall–Kier alpha value is -3.63. The van der Waals surface area contributed by atoms with E-state index in [0.29, 0.717) is 35.9 Å². The smallest absolute Gasteiger partial charge is 0.352 e. The van der Waals surface area contributed by atoms with Crippen molar-refractivity contribution in [2.24, 2.45) is 0 Å².